The summed E-state index contributed by atoms with van der Waals surface area (Å²) in [7, 11) is 1.59. The van der Waals surface area contributed by atoms with Crippen LogP contribution in [-0.2, 0) is 0 Å². The third kappa shape index (κ3) is 3.28. The molecule has 1 aromatic carbocycles. The van der Waals surface area contributed by atoms with Crippen LogP contribution in [0.25, 0.3) is 0 Å². The van der Waals surface area contributed by atoms with Gasteiger partial charge < -0.3 is 15.2 Å². The summed E-state index contributed by atoms with van der Waals surface area (Å²) in [5, 5.41) is 0. The Kier molecular flexibility index (Phi) is 4.95. The number of benzene rings is 1. The molecule has 1 heterocycles. The summed E-state index contributed by atoms with van der Waals surface area (Å²) in [5.41, 5.74) is 6.24. The Labute approximate surface area is 138 Å². The quantitative estimate of drug-likeness (QED) is 0.760. The second kappa shape index (κ2) is 6.51. The lowest BCUT2D eigenvalue weighted by Gasteiger charge is -2.12. The summed E-state index contributed by atoms with van der Waals surface area (Å²) in [6, 6.07) is 7.08. The molecular weight excluding hydrogens is 408 g/mol. The molecular formula is C13H10Br2N2O2S. The second-order valence-electron chi connectivity index (χ2n) is 3.74. The number of methoxy groups -OCH3 is 1. The number of aromatic nitrogens is 1. The van der Waals surface area contributed by atoms with Crippen molar-refractivity contribution in [3.63, 3.8) is 0 Å². The van der Waals surface area contributed by atoms with E-state index in [-0.39, 0.29) is 4.99 Å². The Morgan fingerprint density at radius 2 is 1.90 bits per heavy atom. The lowest BCUT2D eigenvalue weighted by atomic mass is 10.2. The Hall–Kier alpha value is -1.18. The minimum absolute atomic E-state index is 0.233. The van der Waals surface area contributed by atoms with Crippen LogP contribution in [0, 0.1) is 0 Å². The fraction of sp³-hybridized carbons (Fsp3) is 0.0769. The molecule has 20 heavy (non-hydrogen) atoms. The van der Waals surface area contributed by atoms with Crippen LogP contribution in [0.1, 0.15) is 5.56 Å². The monoisotopic (exact) mass is 416 g/mol. The van der Waals surface area contributed by atoms with E-state index >= 15 is 0 Å². The van der Waals surface area contributed by atoms with Gasteiger partial charge in [0.05, 0.1) is 21.6 Å². The molecule has 2 rings (SSSR count). The van der Waals surface area contributed by atoms with Gasteiger partial charge in [0.2, 0.25) is 5.88 Å². The molecule has 0 saturated carbocycles. The summed E-state index contributed by atoms with van der Waals surface area (Å²) in [4.78, 5) is 4.38. The zero-order valence-corrected chi connectivity index (χ0v) is 14.4. The smallest absolute Gasteiger partial charge is 0.229 e. The topological polar surface area (TPSA) is 57.4 Å². The highest BCUT2D eigenvalue weighted by molar-refractivity contribution is 9.11. The van der Waals surface area contributed by atoms with Crippen molar-refractivity contribution in [3.8, 4) is 17.4 Å². The van der Waals surface area contributed by atoms with E-state index in [2.05, 4.69) is 36.8 Å². The van der Waals surface area contributed by atoms with Crippen LogP contribution in [0.2, 0.25) is 0 Å². The van der Waals surface area contributed by atoms with Gasteiger partial charge in [0.25, 0.3) is 0 Å². The number of hydrogen-bond acceptors (Lipinski definition) is 4. The second-order valence-corrected chi connectivity index (χ2v) is 5.89. The highest BCUT2D eigenvalue weighted by Crippen LogP contribution is 2.38. The van der Waals surface area contributed by atoms with Gasteiger partial charge in [-0.05, 0) is 56.1 Å². The van der Waals surface area contributed by atoms with Gasteiger partial charge in [0, 0.05) is 6.20 Å². The molecule has 2 N–H and O–H groups in total. The molecule has 0 aliphatic rings. The van der Waals surface area contributed by atoms with Crippen LogP contribution in [0.5, 0.6) is 17.4 Å². The first-order chi connectivity index (χ1) is 9.52. The van der Waals surface area contributed by atoms with Crippen molar-refractivity contribution < 1.29 is 9.47 Å². The maximum absolute atomic E-state index is 5.77. The number of thiocarbonyl (C=S) groups is 1. The summed E-state index contributed by atoms with van der Waals surface area (Å²) in [5.74, 6) is 1.63. The van der Waals surface area contributed by atoms with Crippen LogP contribution in [0.3, 0.4) is 0 Å². The van der Waals surface area contributed by atoms with Gasteiger partial charge >= 0.3 is 0 Å². The van der Waals surface area contributed by atoms with Crippen molar-refractivity contribution in [2.24, 2.45) is 5.73 Å². The molecule has 0 amide bonds. The first-order valence-corrected chi connectivity index (χ1v) is 7.48. The largest absolute Gasteiger partial charge is 0.496 e. The van der Waals surface area contributed by atoms with Gasteiger partial charge in [-0.3, -0.25) is 0 Å². The average molecular weight is 418 g/mol. The van der Waals surface area contributed by atoms with Crippen molar-refractivity contribution >= 4 is 49.1 Å². The Morgan fingerprint density at radius 3 is 2.55 bits per heavy atom. The number of rotatable bonds is 4. The standard InChI is InChI=1S/C13H10Br2N2O2S/c1-18-10-5-9(15)11(6-8(10)14)19-13-7(12(16)20)3-2-4-17-13/h2-6H,1H3,(H2,16,20). The van der Waals surface area contributed by atoms with Crippen LogP contribution in [-0.4, -0.2) is 17.1 Å². The zero-order valence-electron chi connectivity index (χ0n) is 10.4. The highest BCUT2D eigenvalue weighted by atomic mass is 79.9. The minimum Gasteiger partial charge on any atom is -0.496 e. The van der Waals surface area contributed by atoms with E-state index in [4.69, 9.17) is 27.4 Å². The van der Waals surface area contributed by atoms with Crippen molar-refractivity contribution in [1.29, 1.82) is 0 Å². The fourth-order valence-electron chi connectivity index (χ4n) is 1.51. The van der Waals surface area contributed by atoms with Crippen LogP contribution >= 0.6 is 44.1 Å². The first kappa shape index (κ1) is 15.2. The molecule has 0 saturated heterocycles. The van der Waals surface area contributed by atoms with E-state index in [1.807, 2.05) is 0 Å². The average Bonchev–Trinajstić information content (AvgIpc) is 2.42. The van der Waals surface area contributed by atoms with Crippen molar-refractivity contribution in [1.82, 2.24) is 4.98 Å². The number of hydrogen-bond donors (Lipinski definition) is 1. The van der Waals surface area contributed by atoms with Crippen LogP contribution < -0.4 is 15.2 Å². The SMILES string of the molecule is COc1cc(Br)c(Oc2ncccc2C(N)=S)cc1Br. The Balaban J connectivity index is 2.40. The highest BCUT2D eigenvalue weighted by Gasteiger charge is 2.13. The van der Waals surface area contributed by atoms with Gasteiger partial charge in [-0.1, -0.05) is 12.2 Å². The summed E-state index contributed by atoms with van der Waals surface area (Å²) < 4.78 is 12.5. The predicted molar refractivity (Wildman–Crippen MR) is 88.6 cm³/mol. The minimum atomic E-state index is 0.233. The third-order valence-corrected chi connectivity index (χ3v) is 3.91. The molecule has 0 spiro atoms. The van der Waals surface area contributed by atoms with Gasteiger partial charge in [-0.2, -0.15) is 0 Å². The molecule has 0 bridgehead atoms. The van der Waals surface area contributed by atoms with Gasteiger partial charge in [0.1, 0.15) is 16.5 Å². The molecule has 0 radical (unpaired) electrons. The molecule has 7 heteroatoms. The zero-order chi connectivity index (χ0) is 14.7. The fourth-order valence-corrected chi connectivity index (χ4v) is 2.55. The Morgan fingerprint density at radius 1 is 1.25 bits per heavy atom. The molecule has 0 atom stereocenters. The van der Waals surface area contributed by atoms with Crippen LogP contribution in [0.4, 0.5) is 0 Å². The van der Waals surface area contributed by atoms with Crippen LogP contribution in [0.15, 0.2) is 39.4 Å². The molecule has 2 aromatic rings. The number of nitrogens with two attached hydrogens (primary N) is 1. The maximum atomic E-state index is 5.77. The van der Waals surface area contributed by atoms with E-state index in [1.165, 1.54) is 0 Å². The summed E-state index contributed by atoms with van der Waals surface area (Å²) in [6.45, 7) is 0. The van der Waals surface area contributed by atoms with Gasteiger partial charge in [0.15, 0.2) is 0 Å². The van der Waals surface area contributed by atoms with E-state index in [0.29, 0.717) is 22.9 Å². The van der Waals surface area contributed by atoms with Crippen molar-refractivity contribution in [2.75, 3.05) is 7.11 Å². The normalized spacial score (nSPS) is 10.2. The van der Waals surface area contributed by atoms with Gasteiger partial charge in [-0.15, -0.1) is 0 Å². The lowest BCUT2D eigenvalue weighted by molar-refractivity contribution is 0.408. The van der Waals surface area contributed by atoms with E-state index in [9.17, 15) is 0 Å². The molecule has 0 unspecified atom stereocenters. The molecule has 1 aromatic heterocycles. The molecule has 0 fully saturated rings. The molecule has 4 nitrogen and oxygen atoms in total. The lowest BCUT2D eigenvalue weighted by Crippen LogP contribution is -2.11. The van der Waals surface area contributed by atoms with E-state index in [0.717, 1.165) is 8.95 Å². The molecule has 104 valence electrons. The molecule has 0 aliphatic heterocycles. The number of pyridine rings is 1. The number of ether oxygens (including phenoxy) is 2. The predicted octanol–water partition coefficient (Wildman–Crippen LogP) is 4.04. The number of nitrogens with zero attached hydrogens (tertiary/aromatic N) is 1. The van der Waals surface area contributed by atoms with Crippen molar-refractivity contribution in [2.45, 2.75) is 0 Å². The van der Waals surface area contributed by atoms with E-state index < -0.39 is 0 Å². The van der Waals surface area contributed by atoms with Crippen molar-refractivity contribution in [3.05, 3.63) is 45.0 Å². The number of halogens is 2. The van der Waals surface area contributed by atoms with E-state index in [1.54, 1.807) is 37.6 Å². The van der Waals surface area contributed by atoms with Gasteiger partial charge in [-0.25, -0.2) is 4.98 Å². The maximum Gasteiger partial charge on any atom is 0.229 e. The first-order valence-electron chi connectivity index (χ1n) is 5.48. The molecule has 0 aliphatic carbocycles. The Bertz CT molecular complexity index is 665. The summed E-state index contributed by atoms with van der Waals surface area (Å²) >= 11 is 11.8. The third-order valence-electron chi connectivity index (χ3n) is 2.45. The summed E-state index contributed by atoms with van der Waals surface area (Å²) in [6.07, 6.45) is 1.61.